The molecule has 9 heteroatoms. The first kappa shape index (κ1) is 24.4. The van der Waals surface area contributed by atoms with Crippen molar-refractivity contribution in [2.75, 3.05) is 11.5 Å². The summed E-state index contributed by atoms with van der Waals surface area (Å²) in [6.07, 6.45) is 1.81. The number of barbiturate groups is 1. The summed E-state index contributed by atoms with van der Waals surface area (Å²) in [7, 11) is 0. The standard InChI is InChI=1S/C26H19Cl2FN2O4/c1-2-35-23-13-16(6-7-17(23)10-15-4-3-5-18(29)11-15)12-20-24(32)30-26(34)31(25(20)33)19-8-9-21(27)22(28)14-19/h3-9,11-14H,2,10H2,1H3,(H,30,32,34)/b20-12+. The number of carbonyl (C=O) groups is 3. The molecule has 3 aromatic carbocycles. The van der Waals surface area contributed by atoms with E-state index in [0.717, 1.165) is 16.0 Å². The average Bonchev–Trinajstić information content (AvgIpc) is 2.80. The molecule has 0 spiro atoms. The molecular weight excluding hydrogens is 494 g/mol. The molecule has 6 nitrogen and oxygen atoms in total. The Morgan fingerprint density at radius 3 is 2.51 bits per heavy atom. The Bertz CT molecular complexity index is 1370. The Morgan fingerprint density at radius 2 is 1.80 bits per heavy atom. The topological polar surface area (TPSA) is 75.7 Å². The zero-order valence-corrected chi connectivity index (χ0v) is 20.0. The zero-order chi connectivity index (χ0) is 25.1. The number of anilines is 1. The number of imide groups is 2. The summed E-state index contributed by atoms with van der Waals surface area (Å²) in [4.78, 5) is 38.9. The highest BCUT2D eigenvalue weighted by atomic mass is 35.5. The molecule has 4 amide bonds. The molecule has 1 heterocycles. The van der Waals surface area contributed by atoms with Gasteiger partial charge in [0.05, 0.1) is 22.3 Å². The van der Waals surface area contributed by atoms with Crippen LogP contribution in [0.3, 0.4) is 0 Å². The van der Waals surface area contributed by atoms with Gasteiger partial charge in [0.1, 0.15) is 17.1 Å². The van der Waals surface area contributed by atoms with Gasteiger partial charge in [0.2, 0.25) is 0 Å². The van der Waals surface area contributed by atoms with Gasteiger partial charge in [0.25, 0.3) is 11.8 Å². The van der Waals surface area contributed by atoms with Gasteiger partial charge in [0, 0.05) is 6.42 Å². The third kappa shape index (κ3) is 5.37. The minimum atomic E-state index is -0.893. The van der Waals surface area contributed by atoms with E-state index < -0.39 is 17.8 Å². The van der Waals surface area contributed by atoms with Crippen LogP contribution in [0, 0.1) is 5.82 Å². The fourth-order valence-corrected chi connectivity index (χ4v) is 3.94. The number of nitrogens with one attached hydrogen (secondary N) is 1. The lowest BCUT2D eigenvalue weighted by Gasteiger charge is -2.26. The predicted molar refractivity (Wildman–Crippen MR) is 132 cm³/mol. The number of benzene rings is 3. The minimum Gasteiger partial charge on any atom is -0.494 e. The van der Waals surface area contributed by atoms with Crippen molar-refractivity contribution in [2.45, 2.75) is 13.3 Å². The Kier molecular flexibility index (Phi) is 7.19. The monoisotopic (exact) mass is 512 g/mol. The number of amides is 4. The molecule has 0 aromatic heterocycles. The number of rotatable bonds is 6. The summed E-state index contributed by atoms with van der Waals surface area (Å²) in [6.45, 7) is 2.21. The summed E-state index contributed by atoms with van der Waals surface area (Å²) in [6, 6.07) is 14.8. The fraction of sp³-hybridized carbons (Fsp3) is 0.115. The lowest BCUT2D eigenvalue weighted by molar-refractivity contribution is -0.122. The largest absolute Gasteiger partial charge is 0.494 e. The number of halogens is 3. The van der Waals surface area contributed by atoms with E-state index in [9.17, 15) is 18.8 Å². The Hall–Kier alpha value is -3.68. The van der Waals surface area contributed by atoms with E-state index in [4.69, 9.17) is 27.9 Å². The molecule has 0 radical (unpaired) electrons. The van der Waals surface area contributed by atoms with E-state index >= 15 is 0 Å². The summed E-state index contributed by atoms with van der Waals surface area (Å²) in [5.41, 5.74) is 2.02. The molecule has 35 heavy (non-hydrogen) atoms. The lowest BCUT2D eigenvalue weighted by atomic mass is 10.0. The maximum Gasteiger partial charge on any atom is 0.335 e. The Labute approximate surface area is 210 Å². The van der Waals surface area contributed by atoms with Gasteiger partial charge >= 0.3 is 6.03 Å². The quantitative estimate of drug-likeness (QED) is 0.335. The third-order valence-corrected chi connectivity index (χ3v) is 5.99. The fourth-order valence-electron chi connectivity index (χ4n) is 3.65. The summed E-state index contributed by atoms with van der Waals surface area (Å²) >= 11 is 12.0. The van der Waals surface area contributed by atoms with Crippen molar-refractivity contribution in [1.82, 2.24) is 5.32 Å². The van der Waals surface area contributed by atoms with Crippen LogP contribution in [-0.2, 0) is 16.0 Å². The minimum absolute atomic E-state index is 0.155. The lowest BCUT2D eigenvalue weighted by Crippen LogP contribution is -2.54. The van der Waals surface area contributed by atoms with Crippen molar-refractivity contribution in [1.29, 1.82) is 0 Å². The van der Waals surface area contributed by atoms with Gasteiger partial charge in [-0.2, -0.15) is 0 Å². The van der Waals surface area contributed by atoms with Gasteiger partial charge < -0.3 is 4.74 Å². The molecule has 4 rings (SSSR count). The van der Waals surface area contributed by atoms with Gasteiger partial charge in [-0.1, -0.05) is 47.5 Å². The maximum absolute atomic E-state index is 13.6. The van der Waals surface area contributed by atoms with Crippen LogP contribution in [0.5, 0.6) is 5.75 Å². The predicted octanol–water partition coefficient (Wildman–Crippen LogP) is 5.79. The summed E-state index contributed by atoms with van der Waals surface area (Å²) < 4.78 is 19.3. The molecule has 0 saturated carbocycles. The van der Waals surface area contributed by atoms with Crippen molar-refractivity contribution < 1.29 is 23.5 Å². The molecule has 0 bridgehead atoms. The summed E-state index contributed by atoms with van der Waals surface area (Å²) in [5, 5.41) is 2.58. The molecule has 1 saturated heterocycles. The molecule has 3 aromatic rings. The van der Waals surface area contributed by atoms with Crippen LogP contribution in [-0.4, -0.2) is 24.5 Å². The molecular formula is C26H19Cl2FN2O4. The second-order valence-electron chi connectivity index (χ2n) is 7.66. The van der Waals surface area contributed by atoms with E-state index in [0.29, 0.717) is 24.3 Å². The SMILES string of the molecule is CCOc1cc(/C=C2\C(=O)NC(=O)N(c3ccc(Cl)c(Cl)c3)C2=O)ccc1Cc1cccc(F)c1. The van der Waals surface area contributed by atoms with Gasteiger partial charge in [-0.15, -0.1) is 0 Å². The zero-order valence-electron chi connectivity index (χ0n) is 18.5. The van der Waals surface area contributed by atoms with Crippen LogP contribution < -0.4 is 15.0 Å². The van der Waals surface area contributed by atoms with Crippen molar-refractivity contribution in [3.63, 3.8) is 0 Å². The first-order chi connectivity index (χ1) is 16.8. The number of ether oxygens (including phenoxy) is 1. The van der Waals surface area contributed by atoms with E-state index in [1.807, 2.05) is 13.0 Å². The van der Waals surface area contributed by atoms with Crippen LogP contribution in [0.1, 0.15) is 23.6 Å². The van der Waals surface area contributed by atoms with Crippen LogP contribution in [0.15, 0.2) is 66.2 Å². The van der Waals surface area contributed by atoms with Crippen molar-refractivity contribution in [2.24, 2.45) is 0 Å². The van der Waals surface area contributed by atoms with Crippen LogP contribution in [0.25, 0.3) is 6.08 Å². The maximum atomic E-state index is 13.6. The van der Waals surface area contributed by atoms with E-state index in [1.54, 1.807) is 24.3 Å². The van der Waals surface area contributed by atoms with Crippen molar-refractivity contribution in [3.8, 4) is 5.75 Å². The van der Waals surface area contributed by atoms with Gasteiger partial charge in [-0.25, -0.2) is 14.1 Å². The van der Waals surface area contributed by atoms with E-state index in [2.05, 4.69) is 5.32 Å². The van der Waals surface area contributed by atoms with Crippen molar-refractivity contribution in [3.05, 3.63) is 98.8 Å². The van der Waals surface area contributed by atoms with Gasteiger partial charge in [-0.3, -0.25) is 14.9 Å². The number of urea groups is 1. The first-order valence-electron chi connectivity index (χ1n) is 10.6. The summed E-state index contributed by atoms with van der Waals surface area (Å²) in [5.74, 6) is -1.42. The molecule has 0 aliphatic carbocycles. The molecule has 1 fully saturated rings. The normalized spacial score (nSPS) is 14.9. The molecule has 1 aliphatic rings. The Morgan fingerprint density at radius 1 is 1.00 bits per heavy atom. The molecule has 0 unspecified atom stereocenters. The van der Waals surface area contributed by atoms with Gasteiger partial charge in [-0.05, 0) is 66.1 Å². The molecule has 0 atom stereocenters. The average molecular weight is 513 g/mol. The number of hydrogen-bond acceptors (Lipinski definition) is 4. The highest BCUT2D eigenvalue weighted by molar-refractivity contribution is 6.43. The van der Waals surface area contributed by atoms with Crippen LogP contribution in [0.2, 0.25) is 10.0 Å². The highest BCUT2D eigenvalue weighted by Crippen LogP contribution is 2.30. The van der Waals surface area contributed by atoms with Crippen LogP contribution in [0.4, 0.5) is 14.9 Å². The number of hydrogen-bond donors (Lipinski definition) is 1. The molecule has 1 aliphatic heterocycles. The van der Waals surface area contributed by atoms with E-state index in [-0.39, 0.29) is 27.1 Å². The second-order valence-corrected chi connectivity index (χ2v) is 8.48. The Balaban J connectivity index is 1.67. The van der Waals surface area contributed by atoms with Crippen molar-refractivity contribution >= 4 is 52.8 Å². The van der Waals surface area contributed by atoms with Gasteiger partial charge in [0.15, 0.2) is 0 Å². The molecule has 178 valence electrons. The first-order valence-corrected chi connectivity index (χ1v) is 11.4. The second kappa shape index (κ2) is 10.3. The smallest absolute Gasteiger partial charge is 0.335 e. The highest BCUT2D eigenvalue weighted by Gasteiger charge is 2.37. The number of carbonyl (C=O) groups excluding carboxylic acids is 3. The van der Waals surface area contributed by atoms with E-state index in [1.165, 1.54) is 36.4 Å². The van der Waals surface area contributed by atoms with Crippen LogP contribution >= 0.6 is 23.2 Å². The molecule has 1 N–H and O–H groups in total. The third-order valence-electron chi connectivity index (χ3n) is 5.25. The number of nitrogens with zero attached hydrogens (tertiary/aromatic N) is 1.